The van der Waals surface area contributed by atoms with E-state index in [1.807, 2.05) is 83.6 Å². The van der Waals surface area contributed by atoms with Crippen molar-refractivity contribution in [3.05, 3.63) is 223 Å². The third kappa shape index (κ3) is 6.01. The van der Waals surface area contributed by atoms with E-state index >= 15 is 0 Å². The van der Waals surface area contributed by atoms with Gasteiger partial charge in [-0.15, -0.1) is 0 Å². The Morgan fingerprint density at radius 2 is 1.37 bits per heavy atom. The number of fused-ring (bicyclic) bond motifs is 9. The number of hydrogen-bond donors (Lipinski definition) is 0. The predicted molar refractivity (Wildman–Crippen MR) is 269 cm³/mol. The maximum atomic E-state index is 9.24. The summed E-state index contributed by atoms with van der Waals surface area (Å²) in [6, 6.07) is 39.3. The molecule has 4 heterocycles. The normalized spacial score (nSPS) is 14.8. The summed E-state index contributed by atoms with van der Waals surface area (Å²) in [7, 11) is 0. The van der Waals surface area contributed by atoms with Crippen LogP contribution < -0.4 is 9.30 Å². The van der Waals surface area contributed by atoms with Gasteiger partial charge in [0.15, 0.2) is 0 Å². The average Bonchev–Trinajstić information content (AvgIpc) is 4.19. The number of benzene rings is 8. The zero-order chi connectivity index (χ0) is 52.8. The lowest BCUT2D eigenvalue weighted by Gasteiger charge is -2.21. The molecule has 0 N–H and O–H groups in total. The molecule has 0 saturated carbocycles. The molecule has 0 spiro atoms. The molecule has 0 unspecified atom stereocenters. The molecule has 67 heavy (non-hydrogen) atoms. The lowest BCUT2D eigenvalue weighted by molar-refractivity contribution is -0.571. The van der Waals surface area contributed by atoms with Crippen molar-refractivity contribution in [2.45, 2.75) is 33.1 Å². The van der Waals surface area contributed by atoms with Crippen LogP contribution in [0.4, 0.5) is 0 Å². The summed E-state index contributed by atoms with van der Waals surface area (Å²) in [5.74, 6) is 2.53. The molecular formula is C60H44N6O. The maximum absolute atomic E-state index is 9.24. The first-order valence-electron chi connectivity index (χ1n) is 26.6. The number of ether oxygens (including phenoxy) is 1. The zero-order valence-corrected chi connectivity index (χ0v) is 36.9. The lowest BCUT2D eigenvalue weighted by Crippen LogP contribution is -2.31. The van der Waals surface area contributed by atoms with E-state index in [0.717, 1.165) is 44.8 Å². The van der Waals surface area contributed by atoms with Crippen LogP contribution in [0.1, 0.15) is 48.4 Å². The highest BCUT2D eigenvalue weighted by Crippen LogP contribution is 2.49. The van der Waals surface area contributed by atoms with Crippen LogP contribution in [0.3, 0.4) is 0 Å². The molecule has 7 heteroatoms. The molecule has 7 nitrogen and oxygen atoms in total. The van der Waals surface area contributed by atoms with Crippen LogP contribution in [0, 0.1) is 20.2 Å². The van der Waals surface area contributed by atoms with Crippen LogP contribution in [0.25, 0.3) is 89.5 Å². The van der Waals surface area contributed by atoms with E-state index < -0.39 is 30.2 Å². The van der Waals surface area contributed by atoms with Gasteiger partial charge < -0.3 is 4.74 Å². The Morgan fingerprint density at radius 3 is 2.27 bits per heavy atom. The second-order valence-corrected chi connectivity index (χ2v) is 17.5. The molecule has 0 bridgehead atoms. The van der Waals surface area contributed by atoms with Crippen LogP contribution >= 0.6 is 0 Å². The van der Waals surface area contributed by atoms with Gasteiger partial charge in [-0.05, 0) is 101 Å². The molecule has 0 saturated heterocycles. The van der Waals surface area contributed by atoms with Crippen LogP contribution in [0.5, 0.6) is 11.5 Å². The Labute approximate surface area is 400 Å². The van der Waals surface area contributed by atoms with E-state index in [4.69, 9.17) is 25.7 Å². The third-order valence-corrected chi connectivity index (χ3v) is 13.1. The fourth-order valence-electron chi connectivity index (χ4n) is 9.97. The van der Waals surface area contributed by atoms with E-state index in [0.29, 0.717) is 28.2 Å². The summed E-state index contributed by atoms with van der Waals surface area (Å²) in [5.41, 5.74) is 12.0. The van der Waals surface area contributed by atoms with Crippen LogP contribution in [-0.2, 0) is 5.41 Å². The predicted octanol–water partition coefficient (Wildman–Crippen LogP) is 13.9. The molecule has 320 valence electrons. The molecule has 8 aromatic carbocycles. The summed E-state index contributed by atoms with van der Waals surface area (Å²) >= 11 is 0. The fourth-order valence-corrected chi connectivity index (χ4v) is 9.97. The van der Waals surface area contributed by atoms with Gasteiger partial charge in [-0.2, -0.15) is 0 Å². The minimum absolute atomic E-state index is 0.0527. The Kier molecular flexibility index (Phi) is 6.72. The number of nitrogens with zero attached hydrogens (tertiary/aromatic N) is 6. The SMILES string of the molecule is [2H]c1c([2H])c([2H])c(-c2cccc(-c3c([2H])c([2H])c([2H])c(C)c3[2H])c2-[n+]2[c-]n(-c3cccc(Oc4ccc5c(c4)n(-c4cc6c(cn4)-c4ccccc4C6(C)C)c4nc6c(C)cccc6n54)c3)c3ccccc32)c([2H])c1[2H]. The summed E-state index contributed by atoms with van der Waals surface area (Å²) in [4.78, 5) is 10.4. The molecule has 0 atom stereocenters. The topological polar surface area (TPSA) is 53.2 Å². The van der Waals surface area contributed by atoms with Crippen molar-refractivity contribution >= 4 is 38.9 Å². The van der Waals surface area contributed by atoms with E-state index in [9.17, 15) is 1.37 Å². The molecule has 0 fully saturated rings. The van der Waals surface area contributed by atoms with Crippen molar-refractivity contribution < 1.29 is 21.6 Å². The first kappa shape index (κ1) is 30.6. The second kappa shape index (κ2) is 14.7. The molecule has 0 radical (unpaired) electrons. The van der Waals surface area contributed by atoms with E-state index in [-0.39, 0.29) is 63.1 Å². The second-order valence-electron chi connectivity index (χ2n) is 17.5. The average molecular weight is 874 g/mol. The number of imidazole rings is 3. The maximum Gasteiger partial charge on any atom is 0.269 e. The molecule has 1 aliphatic carbocycles. The number of rotatable bonds is 7. The standard InChI is InChI=1S/C60H44N6O/c1-38-16-12-20-41(32-38)46-25-15-24-45(40-18-6-5-7-19-40)58(46)64-37-63(51-27-10-11-28-52(51)64)42-21-14-22-43(33-42)67-44-30-31-53-55(34-44)66(59-62-57-39(2)17-13-29-54(57)65(53)59)56-35-50-48(36-61-56)47-23-8-9-26-49(47)60(50,3)4/h5-36H,1-4H3/i5D,6D,7D,12D,16D,18D,19D,20D,32D. The Hall–Kier alpha value is -8.55. The van der Waals surface area contributed by atoms with E-state index in [2.05, 4.69) is 78.5 Å². The molecule has 0 aliphatic heterocycles. The monoisotopic (exact) mass is 873 g/mol. The number of hydrogen-bond acceptors (Lipinski definition) is 3. The number of aromatic nitrogens is 6. The van der Waals surface area contributed by atoms with Crippen LogP contribution in [0.15, 0.2) is 194 Å². The van der Waals surface area contributed by atoms with Gasteiger partial charge in [0.05, 0.1) is 56.8 Å². The van der Waals surface area contributed by atoms with Crippen LogP contribution in [0.2, 0.25) is 0 Å². The van der Waals surface area contributed by atoms with Crippen molar-refractivity contribution in [3.63, 3.8) is 0 Å². The number of pyridine rings is 1. The Bertz CT molecular complexity index is 4370. The van der Waals surface area contributed by atoms with Crippen molar-refractivity contribution in [2.24, 2.45) is 0 Å². The van der Waals surface area contributed by atoms with Crippen LogP contribution in [-0.4, -0.2) is 23.5 Å². The molecule has 13 rings (SSSR count). The van der Waals surface area contributed by atoms with Gasteiger partial charge in [-0.25, -0.2) is 9.97 Å². The van der Waals surface area contributed by atoms with Gasteiger partial charge in [0.25, 0.3) is 6.33 Å². The summed E-state index contributed by atoms with van der Waals surface area (Å²) in [5, 5.41) is 0. The molecule has 1 aliphatic rings. The van der Waals surface area contributed by atoms with Gasteiger partial charge in [-0.3, -0.25) is 18.1 Å². The fraction of sp³-hybridized carbons (Fsp3) is 0.0833. The van der Waals surface area contributed by atoms with Crippen molar-refractivity contribution in [1.29, 1.82) is 0 Å². The quantitative estimate of drug-likeness (QED) is 0.118. The van der Waals surface area contributed by atoms with E-state index in [1.54, 1.807) is 29.7 Å². The smallest absolute Gasteiger partial charge is 0.269 e. The number of aryl methyl sites for hydroxylation is 1. The number of para-hydroxylation sites is 4. The van der Waals surface area contributed by atoms with Gasteiger partial charge in [-0.1, -0.05) is 159 Å². The first-order chi connectivity index (χ1) is 36.5. The van der Waals surface area contributed by atoms with E-state index in [1.165, 1.54) is 16.7 Å². The zero-order valence-electron chi connectivity index (χ0n) is 45.9. The minimum atomic E-state index is -0.545. The summed E-state index contributed by atoms with van der Waals surface area (Å²) in [6.07, 6.45) is 5.48. The van der Waals surface area contributed by atoms with Crippen molar-refractivity contribution in [3.8, 4) is 62.1 Å². The lowest BCUT2D eigenvalue weighted by atomic mass is 9.83. The Morgan fingerprint density at radius 1 is 0.627 bits per heavy atom. The summed E-state index contributed by atoms with van der Waals surface area (Å²) in [6.45, 7) is 8.14. The minimum Gasteiger partial charge on any atom is -0.458 e. The summed E-state index contributed by atoms with van der Waals surface area (Å²) < 4.78 is 94.0. The van der Waals surface area contributed by atoms with Crippen molar-refractivity contribution in [2.75, 3.05) is 0 Å². The molecular weight excluding hydrogens is 821 g/mol. The van der Waals surface area contributed by atoms with Crippen molar-refractivity contribution in [1.82, 2.24) is 23.5 Å². The highest BCUT2D eigenvalue weighted by atomic mass is 16.5. The molecule has 0 amide bonds. The highest BCUT2D eigenvalue weighted by Gasteiger charge is 2.36. The van der Waals surface area contributed by atoms with Gasteiger partial charge in [0.1, 0.15) is 17.3 Å². The molecule has 12 aromatic rings. The Balaban J connectivity index is 0.968. The van der Waals surface area contributed by atoms with Gasteiger partial charge in [0, 0.05) is 23.2 Å². The molecule has 4 aromatic heterocycles. The van der Waals surface area contributed by atoms with Gasteiger partial charge >= 0.3 is 0 Å². The first-order valence-corrected chi connectivity index (χ1v) is 22.1. The highest BCUT2D eigenvalue weighted by molar-refractivity contribution is 5.94. The largest absolute Gasteiger partial charge is 0.458 e. The van der Waals surface area contributed by atoms with Gasteiger partial charge in [0.2, 0.25) is 5.78 Å². The third-order valence-electron chi connectivity index (χ3n) is 13.1.